The van der Waals surface area contributed by atoms with E-state index in [1.54, 1.807) is 37.0 Å². The van der Waals surface area contributed by atoms with Crippen molar-refractivity contribution >= 4 is 29.2 Å². The molecule has 6 nitrogen and oxygen atoms in total. The SMILES string of the molecule is COC(=O)C(c1ccc(Cl)c(Cl)c1)N(C)Cc1ncnn1C. The molecular formula is C14H16Cl2N4O2. The number of rotatable bonds is 5. The minimum atomic E-state index is -0.614. The van der Waals surface area contributed by atoms with E-state index < -0.39 is 6.04 Å². The van der Waals surface area contributed by atoms with Crippen molar-refractivity contribution in [2.45, 2.75) is 12.6 Å². The third-order valence-corrected chi connectivity index (χ3v) is 4.06. The smallest absolute Gasteiger partial charge is 0.327 e. The van der Waals surface area contributed by atoms with Crippen molar-refractivity contribution in [2.75, 3.05) is 14.2 Å². The molecule has 0 spiro atoms. The van der Waals surface area contributed by atoms with Crippen molar-refractivity contribution in [3.63, 3.8) is 0 Å². The Kier molecular flexibility index (Phi) is 5.39. The number of hydrogen-bond acceptors (Lipinski definition) is 5. The van der Waals surface area contributed by atoms with Crippen molar-refractivity contribution in [1.82, 2.24) is 19.7 Å². The van der Waals surface area contributed by atoms with E-state index in [4.69, 9.17) is 27.9 Å². The minimum Gasteiger partial charge on any atom is -0.468 e. The maximum Gasteiger partial charge on any atom is 0.327 e. The summed E-state index contributed by atoms with van der Waals surface area (Å²) in [6, 6.07) is 4.46. The van der Waals surface area contributed by atoms with Gasteiger partial charge in [-0.05, 0) is 24.7 Å². The van der Waals surface area contributed by atoms with Crippen LogP contribution >= 0.6 is 23.2 Å². The Morgan fingerprint density at radius 1 is 1.41 bits per heavy atom. The lowest BCUT2D eigenvalue weighted by molar-refractivity contribution is -0.147. The van der Waals surface area contributed by atoms with Gasteiger partial charge in [-0.25, -0.2) is 9.78 Å². The van der Waals surface area contributed by atoms with E-state index in [1.807, 2.05) is 4.90 Å². The van der Waals surface area contributed by atoms with Gasteiger partial charge in [-0.3, -0.25) is 9.58 Å². The van der Waals surface area contributed by atoms with E-state index in [9.17, 15) is 4.79 Å². The van der Waals surface area contributed by atoms with E-state index in [-0.39, 0.29) is 5.97 Å². The Morgan fingerprint density at radius 3 is 2.68 bits per heavy atom. The van der Waals surface area contributed by atoms with Gasteiger partial charge in [0.15, 0.2) is 0 Å². The molecule has 1 atom stereocenters. The molecule has 1 heterocycles. The van der Waals surface area contributed by atoms with Gasteiger partial charge in [0.1, 0.15) is 18.2 Å². The van der Waals surface area contributed by atoms with Crippen LogP contribution in [-0.2, 0) is 23.1 Å². The fourth-order valence-electron chi connectivity index (χ4n) is 2.14. The highest BCUT2D eigenvalue weighted by atomic mass is 35.5. The van der Waals surface area contributed by atoms with E-state index in [2.05, 4.69) is 10.1 Å². The van der Waals surface area contributed by atoms with Crippen LogP contribution in [0, 0.1) is 0 Å². The van der Waals surface area contributed by atoms with Gasteiger partial charge in [0.2, 0.25) is 0 Å². The van der Waals surface area contributed by atoms with Crippen molar-refractivity contribution in [2.24, 2.45) is 7.05 Å². The first-order chi connectivity index (χ1) is 10.4. The Morgan fingerprint density at radius 2 is 2.14 bits per heavy atom. The Labute approximate surface area is 138 Å². The number of carbonyl (C=O) groups excluding carboxylic acids is 1. The Hall–Kier alpha value is -1.63. The van der Waals surface area contributed by atoms with Gasteiger partial charge in [0.25, 0.3) is 0 Å². The fourth-order valence-corrected chi connectivity index (χ4v) is 2.45. The molecule has 1 unspecified atom stereocenters. The lowest BCUT2D eigenvalue weighted by Crippen LogP contribution is -2.32. The molecule has 2 aromatic rings. The number of halogens is 2. The molecule has 22 heavy (non-hydrogen) atoms. The molecule has 1 aromatic carbocycles. The number of benzene rings is 1. The highest BCUT2D eigenvalue weighted by Gasteiger charge is 2.27. The summed E-state index contributed by atoms with van der Waals surface area (Å²) in [5.41, 5.74) is 0.700. The third-order valence-electron chi connectivity index (χ3n) is 3.32. The van der Waals surface area contributed by atoms with Crippen LogP contribution in [0.15, 0.2) is 24.5 Å². The number of nitrogens with zero attached hydrogens (tertiary/aromatic N) is 4. The first-order valence-electron chi connectivity index (χ1n) is 6.50. The predicted molar refractivity (Wildman–Crippen MR) is 83.7 cm³/mol. The van der Waals surface area contributed by atoms with Crippen molar-refractivity contribution in [1.29, 1.82) is 0 Å². The molecule has 2 rings (SSSR count). The Bertz CT molecular complexity index is 675. The van der Waals surface area contributed by atoms with E-state index in [1.165, 1.54) is 13.4 Å². The molecular weight excluding hydrogens is 327 g/mol. The van der Waals surface area contributed by atoms with Crippen molar-refractivity contribution in [3.8, 4) is 0 Å². The van der Waals surface area contributed by atoms with Gasteiger partial charge in [-0.2, -0.15) is 5.10 Å². The minimum absolute atomic E-state index is 0.386. The maximum atomic E-state index is 12.2. The molecule has 0 amide bonds. The Balaban J connectivity index is 2.31. The number of esters is 1. The van der Waals surface area contributed by atoms with Crippen LogP contribution in [0.5, 0.6) is 0 Å². The summed E-state index contributed by atoms with van der Waals surface area (Å²) in [5, 5.41) is 4.84. The van der Waals surface area contributed by atoms with E-state index in [0.717, 1.165) is 5.82 Å². The highest BCUT2D eigenvalue weighted by molar-refractivity contribution is 6.42. The molecule has 0 saturated carbocycles. The highest BCUT2D eigenvalue weighted by Crippen LogP contribution is 2.29. The molecule has 0 aliphatic carbocycles. The zero-order valence-corrected chi connectivity index (χ0v) is 14.0. The average Bonchev–Trinajstić information content (AvgIpc) is 2.88. The average molecular weight is 343 g/mol. The van der Waals surface area contributed by atoms with E-state index >= 15 is 0 Å². The second-order valence-electron chi connectivity index (χ2n) is 4.81. The summed E-state index contributed by atoms with van der Waals surface area (Å²) in [6.07, 6.45) is 1.47. The van der Waals surface area contributed by atoms with Gasteiger partial charge in [-0.15, -0.1) is 0 Å². The largest absolute Gasteiger partial charge is 0.468 e. The van der Waals surface area contributed by atoms with Crippen LogP contribution in [0.25, 0.3) is 0 Å². The molecule has 0 radical (unpaired) electrons. The van der Waals surface area contributed by atoms with Crippen molar-refractivity contribution < 1.29 is 9.53 Å². The number of aromatic nitrogens is 3. The fraction of sp³-hybridized carbons (Fsp3) is 0.357. The molecule has 0 aliphatic rings. The van der Waals surface area contributed by atoms with Crippen LogP contribution in [0.2, 0.25) is 10.0 Å². The predicted octanol–water partition coefficient (Wildman–Crippen LogP) is 2.47. The third kappa shape index (κ3) is 3.58. The molecule has 0 fully saturated rings. The molecule has 0 bridgehead atoms. The van der Waals surface area contributed by atoms with Crippen LogP contribution in [0.3, 0.4) is 0 Å². The second-order valence-corrected chi connectivity index (χ2v) is 5.63. The number of aryl methyl sites for hydroxylation is 1. The molecule has 0 N–H and O–H groups in total. The molecule has 1 aromatic heterocycles. The van der Waals surface area contributed by atoms with Gasteiger partial charge < -0.3 is 4.74 Å². The quantitative estimate of drug-likeness (QED) is 0.781. The first-order valence-corrected chi connectivity index (χ1v) is 7.25. The lowest BCUT2D eigenvalue weighted by atomic mass is 10.1. The van der Waals surface area contributed by atoms with Crippen LogP contribution in [0.4, 0.5) is 0 Å². The van der Waals surface area contributed by atoms with Crippen LogP contribution in [-0.4, -0.2) is 39.8 Å². The number of hydrogen-bond donors (Lipinski definition) is 0. The maximum absolute atomic E-state index is 12.2. The first kappa shape index (κ1) is 16.7. The van der Waals surface area contributed by atoms with E-state index in [0.29, 0.717) is 22.2 Å². The molecule has 8 heteroatoms. The topological polar surface area (TPSA) is 60.2 Å². The molecule has 118 valence electrons. The second kappa shape index (κ2) is 7.09. The summed E-state index contributed by atoms with van der Waals surface area (Å²) in [6.45, 7) is 0.427. The van der Waals surface area contributed by atoms with Crippen LogP contribution in [0.1, 0.15) is 17.4 Å². The zero-order chi connectivity index (χ0) is 16.3. The van der Waals surface area contributed by atoms with Gasteiger partial charge in [-0.1, -0.05) is 29.3 Å². The van der Waals surface area contributed by atoms with Gasteiger partial charge in [0.05, 0.1) is 23.7 Å². The summed E-state index contributed by atoms with van der Waals surface area (Å²) in [4.78, 5) is 18.2. The van der Waals surface area contributed by atoms with Gasteiger partial charge >= 0.3 is 5.97 Å². The summed E-state index contributed by atoms with van der Waals surface area (Å²) < 4.78 is 6.56. The number of carbonyl (C=O) groups is 1. The van der Waals surface area contributed by atoms with Crippen molar-refractivity contribution in [3.05, 3.63) is 46.0 Å². The zero-order valence-electron chi connectivity index (χ0n) is 12.5. The normalized spacial score (nSPS) is 12.5. The van der Waals surface area contributed by atoms with Crippen LogP contribution < -0.4 is 0 Å². The molecule has 0 aliphatic heterocycles. The summed E-state index contributed by atoms with van der Waals surface area (Å²) in [5.74, 6) is 0.347. The molecule has 0 saturated heterocycles. The summed E-state index contributed by atoms with van der Waals surface area (Å²) in [7, 11) is 4.95. The number of methoxy groups -OCH3 is 1. The number of ether oxygens (including phenoxy) is 1. The van der Waals surface area contributed by atoms with Gasteiger partial charge in [0, 0.05) is 7.05 Å². The monoisotopic (exact) mass is 342 g/mol. The summed E-state index contributed by atoms with van der Waals surface area (Å²) >= 11 is 12.0. The lowest BCUT2D eigenvalue weighted by Gasteiger charge is -2.26. The standard InChI is InChI=1S/C14H16Cl2N4O2/c1-19(7-12-17-8-18-20(12)2)13(14(21)22-3)9-4-5-10(15)11(16)6-9/h4-6,8,13H,7H2,1-3H3. The number of likely N-dealkylation sites (N-methyl/N-ethyl adjacent to an activating group) is 1.